The molecule has 1 aromatic carbocycles. The van der Waals surface area contributed by atoms with Crippen molar-refractivity contribution in [1.82, 2.24) is 10.3 Å². The minimum atomic E-state index is -0.795. The van der Waals surface area contributed by atoms with Crippen LogP contribution in [-0.4, -0.2) is 60.3 Å². The third kappa shape index (κ3) is 10.5. The van der Waals surface area contributed by atoms with Crippen LogP contribution in [0.15, 0.2) is 28.3 Å². The van der Waals surface area contributed by atoms with E-state index in [-0.39, 0.29) is 18.1 Å². The number of ether oxygens (including phenoxy) is 1. The number of hydrazine groups is 1. The van der Waals surface area contributed by atoms with Gasteiger partial charge in [-0.1, -0.05) is 22.8 Å². The van der Waals surface area contributed by atoms with Crippen LogP contribution in [-0.2, 0) is 11.2 Å². The van der Waals surface area contributed by atoms with Crippen molar-refractivity contribution in [2.75, 3.05) is 26.2 Å². The quantitative estimate of drug-likeness (QED) is 0.0564. The number of aliphatic imine (C=N–C) groups is 1. The maximum atomic E-state index is 11.1. The zero-order valence-electron chi connectivity index (χ0n) is 17.4. The van der Waals surface area contributed by atoms with Crippen molar-refractivity contribution in [3.63, 3.8) is 0 Å². The Labute approximate surface area is 186 Å². The van der Waals surface area contributed by atoms with E-state index in [0.717, 1.165) is 25.7 Å². The number of halogens is 1. The lowest BCUT2D eigenvalue weighted by molar-refractivity contribution is -0.112. The van der Waals surface area contributed by atoms with Crippen LogP contribution in [0.1, 0.15) is 31.2 Å². The summed E-state index contributed by atoms with van der Waals surface area (Å²) in [6, 6.07) is 5.05. The number of carbonyl (C=O) groups is 1. The molecule has 0 saturated carbocycles. The van der Waals surface area contributed by atoms with E-state index in [2.05, 4.69) is 15.6 Å². The van der Waals surface area contributed by atoms with Gasteiger partial charge in [0.25, 0.3) is 5.91 Å². The number of hydrogen-bond acceptors (Lipinski definition) is 7. The van der Waals surface area contributed by atoms with Crippen LogP contribution < -0.4 is 27.5 Å². The number of amides is 1. The summed E-state index contributed by atoms with van der Waals surface area (Å²) in [5, 5.41) is 19.8. The molecular formula is C19H31ClN8O3. The fraction of sp³-hybridized carbons (Fsp3) is 0.474. The first-order valence-electron chi connectivity index (χ1n) is 9.84. The Balaban J connectivity index is 2.36. The lowest BCUT2D eigenvalue weighted by Crippen LogP contribution is -2.38. The molecule has 11 nitrogen and oxygen atoms in total. The van der Waals surface area contributed by atoms with Crippen LogP contribution in [0.2, 0.25) is 5.02 Å². The largest absolute Gasteiger partial charge is 0.492 e. The predicted octanol–water partition coefficient (Wildman–Crippen LogP) is 0.824. The van der Waals surface area contributed by atoms with E-state index in [1.807, 2.05) is 4.90 Å². The van der Waals surface area contributed by atoms with Crippen molar-refractivity contribution in [1.29, 1.82) is 5.41 Å². The summed E-state index contributed by atoms with van der Waals surface area (Å²) in [6.45, 7) is 2.48. The highest BCUT2D eigenvalue weighted by Crippen LogP contribution is 2.26. The molecule has 0 radical (unpaired) electrons. The molecule has 172 valence electrons. The molecule has 0 aliphatic heterocycles. The van der Waals surface area contributed by atoms with Gasteiger partial charge in [-0.05, 0) is 43.4 Å². The van der Waals surface area contributed by atoms with Gasteiger partial charge in [0.05, 0.1) is 18.0 Å². The normalized spacial score (nSPS) is 11.5. The van der Waals surface area contributed by atoms with E-state index in [1.54, 1.807) is 18.2 Å². The molecule has 0 unspecified atom stereocenters. The molecule has 0 spiro atoms. The second kappa shape index (κ2) is 14.9. The Morgan fingerprint density at radius 3 is 2.55 bits per heavy atom. The molecule has 0 saturated heterocycles. The number of nitrogens with zero attached hydrogens (tertiary/aromatic N) is 3. The van der Waals surface area contributed by atoms with E-state index in [9.17, 15) is 4.79 Å². The van der Waals surface area contributed by atoms with Gasteiger partial charge < -0.3 is 31.7 Å². The average molecular weight is 455 g/mol. The van der Waals surface area contributed by atoms with Crippen molar-refractivity contribution < 1.29 is 14.7 Å². The average Bonchev–Trinajstić information content (AvgIpc) is 2.73. The van der Waals surface area contributed by atoms with Gasteiger partial charge in [-0.25, -0.2) is 5.84 Å². The zero-order chi connectivity index (χ0) is 23.1. The Morgan fingerprint density at radius 1 is 1.26 bits per heavy atom. The van der Waals surface area contributed by atoms with Crippen molar-refractivity contribution in [2.24, 2.45) is 27.5 Å². The number of benzene rings is 1. The molecule has 1 amide bonds. The molecule has 31 heavy (non-hydrogen) atoms. The summed E-state index contributed by atoms with van der Waals surface area (Å²) < 4.78 is 5.71. The Bertz CT molecular complexity index is 773. The third-order valence-corrected chi connectivity index (χ3v) is 4.62. The fourth-order valence-corrected chi connectivity index (χ4v) is 2.96. The van der Waals surface area contributed by atoms with Gasteiger partial charge in [0, 0.05) is 26.1 Å². The second-order valence-electron chi connectivity index (χ2n) is 6.69. The topological polar surface area (TPSA) is 188 Å². The van der Waals surface area contributed by atoms with Crippen molar-refractivity contribution in [2.45, 2.75) is 32.1 Å². The molecule has 0 aliphatic carbocycles. The second-order valence-corrected chi connectivity index (χ2v) is 7.10. The van der Waals surface area contributed by atoms with Crippen LogP contribution in [0.4, 0.5) is 0 Å². The van der Waals surface area contributed by atoms with E-state index >= 15 is 0 Å². The number of nitrogens with one attached hydrogen (secondary N) is 2. The molecule has 0 heterocycles. The van der Waals surface area contributed by atoms with Crippen LogP contribution in [0.3, 0.4) is 0 Å². The molecule has 0 aliphatic rings. The molecule has 12 heteroatoms. The highest BCUT2D eigenvalue weighted by Gasteiger charge is 2.11. The molecular weight excluding hydrogens is 424 g/mol. The zero-order valence-corrected chi connectivity index (χ0v) is 18.1. The Kier molecular flexibility index (Phi) is 12.5. The summed E-state index contributed by atoms with van der Waals surface area (Å²) in [7, 11) is 0. The van der Waals surface area contributed by atoms with Gasteiger partial charge in [-0.3, -0.25) is 15.2 Å². The van der Waals surface area contributed by atoms with Crippen LogP contribution >= 0.6 is 11.6 Å². The van der Waals surface area contributed by atoms with E-state index < -0.39 is 5.91 Å². The molecule has 0 aromatic heterocycles. The van der Waals surface area contributed by atoms with Crippen molar-refractivity contribution in [3.05, 3.63) is 28.8 Å². The first-order chi connectivity index (χ1) is 14.9. The maximum absolute atomic E-state index is 11.1. The van der Waals surface area contributed by atoms with Gasteiger partial charge in [0.1, 0.15) is 11.5 Å². The summed E-state index contributed by atoms with van der Waals surface area (Å²) >= 11 is 6.23. The highest BCUT2D eigenvalue weighted by atomic mass is 35.5. The summed E-state index contributed by atoms with van der Waals surface area (Å²) in [5.41, 5.74) is 13.6. The Morgan fingerprint density at radius 2 is 1.97 bits per heavy atom. The summed E-state index contributed by atoms with van der Waals surface area (Å²) in [5.74, 6) is 4.87. The van der Waals surface area contributed by atoms with E-state index in [1.165, 1.54) is 6.34 Å². The molecule has 1 rings (SSSR count). The van der Waals surface area contributed by atoms with Gasteiger partial charge in [-0.2, -0.15) is 0 Å². The number of carbonyl (C=O) groups excluding carboxylic acids is 1. The van der Waals surface area contributed by atoms with E-state index in [0.29, 0.717) is 42.6 Å². The van der Waals surface area contributed by atoms with Crippen molar-refractivity contribution in [3.8, 4) is 5.75 Å². The third-order valence-electron chi connectivity index (χ3n) is 4.32. The number of primary amides is 1. The first kappa shape index (κ1) is 26.0. The fourth-order valence-electron chi connectivity index (χ4n) is 2.70. The number of unbranched alkanes of at least 4 members (excludes halogenated alkanes) is 2. The van der Waals surface area contributed by atoms with Gasteiger partial charge in [0.15, 0.2) is 5.96 Å². The molecule has 0 bridgehead atoms. The lowest BCUT2D eigenvalue weighted by Gasteiger charge is -2.22. The first-order valence-corrected chi connectivity index (χ1v) is 10.2. The predicted molar refractivity (Wildman–Crippen MR) is 122 cm³/mol. The molecule has 0 atom stereocenters. The van der Waals surface area contributed by atoms with Crippen LogP contribution in [0.25, 0.3) is 0 Å². The molecule has 9 N–H and O–H groups in total. The monoisotopic (exact) mass is 454 g/mol. The highest BCUT2D eigenvalue weighted by molar-refractivity contribution is 6.38. The Hall–Kier alpha value is -3.05. The summed E-state index contributed by atoms with van der Waals surface area (Å²) in [6.07, 6.45) is 4.84. The smallest absolute Gasteiger partial charge is 0.266 e. The number of oxime groups is 1. The standard InChI is InChI=1S/C19H31ClN8O3/c20-15-11-14(12-16(27-30)18(21)29)5-6-17(15)31-10-4-3-9-28(19(22)23)8-2-1-7-25-13-26-24/h5-6,11,13,30H,1-4,7-10,12,24H2,(H2,21,29)(H3,22,23)(H,25,26)/b27-16-. The molecule has 0 fully saturated rings. The van der Waals surface area contributed by atoms with Gasteiger partial charge >= 0.3 is 0 Å². The van der Waals surface area contributed by atoms with Crippen LogP contribution in [0, 0.1) is 5.41 Å². The van der Waals surface area contributed by atoms with Gasteiger partial charge in [-0.15, -0.1) is 0 Å². The lowest BCUT2D eigenvalue weighted by atomic mass is 10.1. The number of hydrogen-bond donors (Lipinski definition) is 6. The van der Waals surface area contributed by atoms with E-state index in [4.69, 9.17) is 44.3 Å². The number of guanidine groups is 1. The van der Waals surface area contributed by atoms with Crippen LogP contribution in [0.5, 0.6) is 5.75 Å². The number of rotatable bonds is 15. The van der Waals surface area contributed by atoms with Gasteiger partial charge in [0.2, 0.25) is 0 Å². The minimum absolute atomic E-state index is 0.0495. The number of nitrogens with two attached hydrogens (primary N) is 3. The maximum Gasteiger partial charge on any atom is 0.266 e. The minimum Gasteiger partial charge on any atom is -0.492 e. The summed E-state index contributed by atoms with van der Waals surface area (Å²) in [4.78, 5) is 17.0. The van der Waals surface area contributed by atoms with Crippen molar-refractivity contribution >= 4 is 35.5 Å². The molecule has 1 aromatic rings. The SMILES string of the molecule is N=C(N)N(CCCCN=CNN)CCCCOc1ccc(C/C(=N/O)C(N)=O)cc1Cl.